The van der Waals surface area contributed by atoms with Gasteiger partial charge in [0.05, 0.1) is 12.9 Å². The van der Waals surface area contributed by atoms with E-state index in [4.69, 9.17) is 4.42 Å². The molecule has 2 rings (SSSR count). The van der Waals surface area contributed by atoms with Crippen molar-refractivity contribution in [2.45, 2.75) is 17.8 Å². The molecule has 0 aromatic carbocycles. The van der Waals surface area contributed by atoms with E-state index in [1.54, 1.807) is 13.0 Å². The predicted octanol–water partition coefficient (Wildman–Crippen LogP) is 1.79. The number of hydrogen-bond donors (Lipinski definition) is 1. The molecule has 7 heteroatoms. The zero-order valence-electron chi connectivity index (χ0n) is 9.39. The molecule has 0 bridgehead atoms. The Bertz CT molecular complexity index is 507. The van der Waals surface area contributed by atoms with Crippen LogP contribution in [0.25, 0.3) is 0 Å². The van der Waals surface area contributed by atoms with Crippen LogP contribution in [0.2, 0.25) is 0 Å². The Balaban J connectivity index is 2.05. The second kappa shape index (κ2) is 5.05. The highest BCUT2D eigenvalue weighted by molar-refractivity contribution is 7.98. The lowest BCUT2D eigenvalue weighted by molar-refractivity contribution is 0.0599. The fourth-order valence-corrected chi connectivity index (χ4v) is 1.99. The van der Waals surface area contributed by atoms with Gasteiger partial charge >= 0.3 is 5.97 Å². The Hall–Kier alpha value is -1.76. The van der Waals surface area contributed by atoms with E-state index in [9.17, 15) is 4.79 Å². The zero-order valence-corrected chi connectivity index (χ0v) is 10.2. The van der Waals surface area contributed by atoms with Gasteiger partial charge in [-0.15, -0.1) is 0 Å². The largest absolute Gasteiger partial charge is 0.465 e. The molecule has 0 aliphatic heterocycles. The summed E-state index contributed by atoms with van der Waals surface area (Å²) in [4.78, 5) is 15.3. The molecule has 0 amide bonds. The van der Waals surface area contributed by atoms with E-state index in [1.165, 1.54) is 25.2 Å². The lowest BCUT2D eigenvalue weighted by Gasteiger charge is -1.93. The number of thioether (sulfide) groups is 1. The van der Waals surface area contributed by atoms with Gasteiger partial charge in [0, 0.05) is 0 Å². The number of methoxy groups -OCH3 is 1. The van der Waals surface area contributed by atoms with E-state index < -0.39 is 0 Å². The number of esters is 1. The molecule has 2 heterocycles. The molecule has 1 N–H and O–H groups in total. The van der Waals surface area contributed by atoms with Crippen LogP contribution >= 0.6 is 11.8 Å². The summed E-state index contributed by atoms with van der Waals surface area (Å²) in [5.41, 5.74) is 0.459. The average Bonchev–Trinajstić information content (AvgIpc) is 2.94. The van der Waals surface area contributed by atoms with Crippen molar-refractivity contribution in [1.29, 1.82) is 0 Å². The number of hydrogen-bond acceptors (Lipinski definition) is 6. The fourth-order valence-electron chi connectivity index (χ4n) is 1.33. The van der Waals surface area contributed by atoms with Crippen molar-refractivity contribution in [2.24, 2.45) is 0 Å². The first-order chi connectivity index (χ1) is 8.20. The van der Waals surface area contributed by atoms with Crippen LogP contribution in [0.5, 0.6) is 0 Å². The topological polar surface area (TPSA) is 81.0 Å². The van der Waals surface area contributed by atoms with Crippen molar-refractivity contribution >= 4 is 17.7 Å². The molecule has 6 nitrogen and oxygen atoms in total. The highest BCUT2D eigenvalue weighted by Crippen LogP contribution is 2.22. The molecule has 0 radical (unpaired) electrons. The Kier molecular flexibility index (Phi) is 3.48. The van der Waals surface area contributed by atoms with Gasteiger partial charge in [0.2, 0.25) is 0 Å². The molecule has 0 aliphatic rings. The van der Waals surface area contributed by atoms with Crippen LogP contribution in [0.15, 0.2) is 22.0 Å². The molecule has 2 aromatic heterocycles. The van der Waals surface area contributed by atoms with E-state index >= 15 is 0 Å². The third-order valence-electron chi connectivity index (χ3n) is 2.12. The number of aryl methyl sites for hydroxylation is 1. The van der Waals surface area contributed by atoms with Gasteiger partial charge in [-0.05, 0) is 13.0 Å². The maximum atomic E-state index is 11.4. The van der Waals surface area contributed by atoms with Crippen LogP contribution < -0.4 is 0 Å². The van der Waals surface area contributed by atoms with Crippen LogP contribution in [0, 0.1) is 6.92 Å². The summed E-state index contributed by atoms with van der Waals surface area (Å²) in [5, 5.41) is 7.18. The SMILES string of the molecule is COC(=O)c1cc(CSc2ncn[nH]2)oc1C. The number of carbonyl (C=O) groups is 1. The Labute approximate surface area is 102 Å². The lowest BCUT2D eigenvalue weighted by Crippen LogP contribution is -2.00. The number of carbonyl (C=O) groups excluding carboxylic acids is 1. The molecule has 0 atom stereocenters. The quantitative estimate of drug-likeness (QED) is 0.660. The number of nitrogens with one attached hydrogen (secondary N) is 1. The van der Waals surface area contributed by atoms with Gasteiger partial charge < -0.3 is 9.15 Å². The number of rotatable bonds is 4. The lowest BCUT2D eigenvalue weighted by atomic mass is 10.2. The van der Waals surface area contributed by atoms with Crippen LogP contribution in [-0.4, -0.2) is 28.3 Å². The first-order valence-corrected chi connectivity index (χ1v) is 5.85. The summed E-state index contributed by atoms with van der Waals surface area (Å²) in [7, 11) is 1.34. The van der Waals surface area contributed by atoms with Crippen molar-refractivity contribution in [3.8, 4) is 0 Å². The summed E-state index contributed by atoms with van der Waals surface area (Å²) in [6, 6.07) is 1.69. The van der Waals surface area contributed by atoms with Crippen LogP contribution in [0.3, 0.4) is 0 Å². The molecule has 0 unspecified atom stereocenters. The molecular formula is C10H11N3O3S. The summed E-state index contributed by atoms with van der Waals surface area (Å²) < 4.78 is 10.1. The normalized spacial score (nSPS) is 10.5. The maximum Gasteiger partial charge on any atom is 0.341 e. The first-order valence-electron chi connectivity index (χ1n) is 4.86. The standard InChI is InChI=1S/C10H11N3O3S/c1-6-8(9(14)15-2)3-7(16-6)4-17-10-11-5-12-13-10/h3,5H,4H2,1-2H3,(H,11,12,13). The third kappa shape index (κ3) is 2.68. The van der Waals surface area contributed by atoms with Crippen molar-refractivity contribution in [1.82, 2.24) is 15.2 Å². The highest BCUT2D eigenvalue weighted by atomic mass is 32.2. The number of aromatic amines is 1. The van der Waals surface area contributed by atoms with Gasteiger partial charge in [0.1, 0.15) is 23.4 Å². The van der Waals surface area contributed by atoms with Gasteiger partial charge in [-0.2, -0.15) is 5.10 Å². The Morgan fingerprint density at radius 1 is 1.65 bits per heavy atom. The van der Waals surface area contributed by atoms with Crippen molar-refractivity contribution < 1.29 is 13.9 Å². The van der Waals surface area contributed by atoms with Gasteiger partial charge in [-0.25, -0.2) is 9.78 Å². The minimum Gasteiger partial charge on any atom is -0.465 e. The predicted molar refractivity (Wildman–Crippen MR) is 60.7 cm³/mol. The van der Waals surface area contributed by atoms with E-state index in [-0.39, 0.29) is 5.97 Å². The van der Waals surface area contributed by atoms with Gasteiger partial charge in [-0.3, -0.25) is 5.10 Å². The van der Waals surface area contributed by atoms with Crippen LogP contribution in [-0.2, 0) is 10.5 Å². The number of furan rings is 1. The second-order valence-corrected chi connectivity index (χ2v) is 4.22. The van der Waals surface area contributed by atoms with Gasteiger partial charge in [0.15, 0.2) is 5.16 Å². The average molecular weight is 253 g/mol. The molecular weight excluding hydrogens is 242 g/mol. The molecule has 0 fully saturated rings. The van der Waals surface area contributed by atoms with Crippen molar-refractivity contribution in [3.63, 3.8) is 0 Å². The molecule has 2 aromatic rings. The molecule has 0 saturated heterocycles. The Morgan fingerprint density at radius 2 is 2.47 bits per heavy atom. The molecule has 0 spiro atoms. The molecule has 0 saturated carbocycles. The monoisotopic (exact) mass is 253 g/mol. The van der Waals surface area contributed by atoms with E-state index in [1.807, 2.05) is 0 Å². The number of aromatic nitrogens is 3. The summed E-state index contributed by atoms with van der Waals surface area (Å²) in [6.45, 7) is 1.73. The number of nitrogens with zero attached hydrogens (tertiary/aromatic N) is 2. The van der Waals surface area contributed by atoms with Crippen molar-refractivity contribution in [3.05, 3.63) is 29.5 Å². The minimum absolute atomic E-state index is 0.387. The van der Waals surface area contributed by atoms with Crippen LogP contribution in [0.1, 0.15) is 21.9 Å². The van der Waals surface area contributed by atoms with Gasteiger partial charge in [-0.1, -0.05) is 11.8 Å². The Morgan fingerprint density at radius 3 is 3.12 bits per heavy atom. The van der Waals surface area contributed by atoms with E-state index in [0.29, 0.717) is 28.0 Å². The summed E-state index contributed by atoms with van der Waals surface area (Å²) >= 11 is 1.45. The summed E-state index contributed by atoms with van der Waals surface area (Å²) in [5.74, 6) is 1.45. The maximum absolute atomic E-state index is 11.4. The van der Waals surface area contributed by atoms with Crippen LogP contribution in [0.4, 0.5) is 0 Å². The first kappa shape index (κ1) is 11.7. The second-order valence-electron chi connectivity index (χ2n) is 3.25. The summed E-state index contributed by atoms with van der Waals surface area (Å²) in [6.07, 6.45) is 1.44. The molecule has 90 valence electrons. The smallest absolute Gasteiger partial charge is 0.341 e. The minimum atomic E-state index is -0.387. The third-order valence-corrected chi connectivity index (χ3v) is 3.02. The van der Waals surface area contributed by atoms with E-state index in [0.717, 1.165) is 0 Å². The number of ether oxygens (including phenoxy) is 1. The fraction of sp³-hybridized carbons (Fsp3) is 0.300. The molecule has 17 heavy (non-hydrogen) atoms. The highest BCUT2D eigenvalue weighted by Gasteiger charge is 2.15. The zero-order chi connectivity index (χ0) is 12.3. The molecule has 0 aliphatic carbocycles. The van der Waals surface area contributed by atoms with Crippen molar-refractivity contribution in [2.75, 3.05) is 7.11 Å². The van der Waals surface area contributed by atoms with Gasteiger partial charge in [0.25, 0.3) is 0 Å². The number of H-pyrrole nitrogens is 1. The van der Waals surface area contributed by atoms with E-state index in [2.05, 4.69) is 19.9 Å².